The molecule has 1 atom stereocenters. The first-order valence-electron chi connectivity index (χ1n) is 11.8. The molecule has 2 aliphatic heterocycles. The van der Waals surface area contributed by atoms with E-state index in [0.29, 0.717) is 36.9 Å². The lowest BCUT2D eigenvalue weighted by atomic mass is 10.1. The van der Waals surface area contributed by atoms with Gasteiger partial charge >= 0.3 is 0 Å². The van der Waals surface area contributed by atoms with E-state index in [0.717, 1.165) is 42.8 Å². The van der Waals surface area contributed by atoms with Crippen LogP contribution >= 0.6 is 11.3 Å². The lowest BCUT2D eigenvalue weighted by Crippen LogP contribution is -2.50. The molecule has 9 heteroatoms. The Morgan fingerprint density at radius 3 is 2.44 bits per heavy atom. The number of nitrogens with zero attached hydrogens (tertiary/aromatic N) is 2. The van der Waals surface area contributed by atoms with E-state index in [4.69, 9.17) is 9.47 Å². The second-order valence-electron chi connectivity index (χ2n) is 8.53. The van der Waals surface area contributed by atoms with Gasteiger partial charge in [0.1, 0.15) is 16.7 Å². The number of carbonyl (C=O) groups excluding carboxylic acids is 3. The van der Waals surface area contributed by atoms with Gasteiger partial charge in [0.2, 0.25) is 5.91 Å². The van der Waals surface area contributed by atoms with Crippen molar-refractivity contribution < 1.29 is 23.9 Å². The lowest BCUT2D eigenvalue weighted by molar-refractivity contribution is -0.137. The first-order chi connectivity index (χ1) is 16.5. The van der Waals surface area contributed by atoms with Crippen LogP contribution in [0, 0.1) is 0 Å². The molecule has 1 aromatic carbocycles. The number of piperidine rings is 1. The highest BCUT2D eigenvalue weighted by molar-refractivity contribution is 7.17. The topological polar surface area (TPSA) is 88.2 Å². The SMILES string of the molecule is CC(NC(=O)c1sc(-c2ccccc2)cc1OCC(=O)N1CCCCC1)C(=O)N1CCOCC1. The number of amides is 3. The van der Waals surface area contributed by atoms with E-state index in [9.17, 15) is 14.4 Å². The molecular weight excluding hydrogens is 454 g/mol. The van der Waals surface area contributed by atoms with Crippen LogP contribution < -0.4 is 10.1 Å². The molecule has 1 unspecified atom stereocenters. The molecule has 2 aromatic rings. The van der Waals surface area contributed by atoms with Crippen LogP contribution in [-0.4, -0.2) is 79.6 Å². The molecule has 3 heterocycles. The van der Waals surface area contributed by atoms with E-state index >= 15 is 0 Å². The Bertz CT molecular complexity index is 997. The van der Waals surface area contributed by atoms with Crippen LogP contribution in [0.25, 0.3) is 10.4 Å². The fourth-order valence-electron chi connectivity index (χ4n) is 4.14. The van der Waals surface area contributed by atoms with Gasteiger partial charge < -0.3 is 24.6 Å². The van der Waals surface area contributed by atoms with Crippen molar-refractivity contribution in [3.63, 3.8) is 0 Å². The number of morpholine rings is 1. The van der Waals surface area contributed by atoms with Crippen molar-refractivity contribution in [3.05, 3.63) is 41.3 Å². The van der Waals surface area contributed by atoms with Gasteiger partial charge in [-0.1, -0.05) is 30.3 Å². The summed E-state index contributed by atoms with van der Waals surface area (Å²) in [7, 11) is 0. The molecule has 1 N–H and O–H groups in total. The van der Waals surface area contributed by atoms with E-state index < -0.39 is 6.04 Å². The third kappa shape index (κ3) is 5.95. The first-order valence-corrected chi connectivity index (χ1v) is 12.6. The third-order valence-corrected chi connectivity index (χ3v) is 7.23. The Morgan fingerprint density at radius 2 is 1.74 bits per heavy atom. The molecule has 34 heavy (non-hydrogen) atoms. The minimum Gasteiger partial charge on any atom is -0.482 e. The van der Waals surface area contributed by atoms with Crippen LogP contribution in [0.1, 0.15) is 35.9 Å². The van der Waals surface area contributed by atoms with Crippen LogP contribution in [0.2, 0.25) is 0 Å². The van der Waals surface area contributed by atoms with Gasteiger partial charge in [-0.25, -0.2) is 0 Å². The molecule has 3 amide bonds. The maximum Gasteiger partial charge on any atom is 0.265 e. The number of likely N-dealkylation sites (tertiary alicyclic amines) is 1. The maximum atomic E-state index is 13.2. The summed E-state index contributed by atoms with van der Waals surface area (Å²) in [5, 5.41) is 2.81. The summed E-state index contributed by atoms with van der Waals surface area (Å²) >= 11 is 1.29. The predicted octanol–water partition coefficient (Wildman–Crippen LogP) is 2.78. The van der Waals surface area contributed by atoms with E-state index in [2.05, 4.69) is 5.32 Å². The van der Waals surface area contributed by atoms with Crippen molar-refractivity contribution in [3.8, 4) is 16.2 Å². The Morgan fingerprint density at radius 1 is 1.03 bits per heavy atom. The zero-order chi connectivity index (χ0) is 23.9. The van der Waals surface area contributed by atoms with Gasteiger partial charge in [0.15, 0.2) is 6.61 Å². The molecule has 0 aliphatic carbocycles. The van der Waals surface area contributed by atoms with E-state index in [1.165, 1.54) is 11.3 Å². The molecule has 0 radical (unpaired) electrons. The second-order valence-corrected chi connectivity index (χ2v) is 9.59. The molecule has 1 aromatic heterocycles. The van der Waals surface area contributed by atoms with Crippen molar-refractivity contribution in [2.24, 2.45) is 0 Å². The largest absolute Gasteiger partial charge is 0.482 e. The van der Waals surface area contributed by atoms with Gasteiger partial charge in [-0.3, -0.25) is 14.4 Å². The summed E-state index contributed by atoms with van der Waals surface area (Å²) in [6.45, 7) is 5.09. The zero-order valence-electron chi connectivity index (χ0n) is 19.5. The summed E-state index contributed by atoms with van der Waals surface area (Å²) < 4.78 is 11.2. The van der Waals surface area contributed by atoms with E-state index in [1.807, 2.05) is 35.2 Å². The fourth-order valence-corrected chi connectivity index (χ4v) is 5.15. The molecule has 0 saturated carbocycles. The third-order valence-electron chi connectivity index (χ3n) is 6.06. The van der Waals surface area contributed by atoms with Crippen LogP contribution in [0.4, 0.5) is 0 Å². The molecule has 0 bridgehead atoms. The average molecular weight is 486 g/mol. The predicted molar refractivity (Wildman–Crippen MR) is 130 cm³/mol. The van der Waals surface area contributed by atoms with Gasteiger partial charge in [-0.2, -0.15) is 0 Å². The normalized spacial score (nSPS) is 17.2. The molecular formula is C25H31N3O5S. The number of nitrogens with one attached hydrogen (secondary N) is 1. The molecule has 2 aliphatic rings. The van der Waals surface area contributed by atoms with Crippen LogP contribution in [0.15, 0.2) is 36.4 Å². The standard InChI is InChI=1S/C25H31N3O5S/c1-18(25(31)28-12-14-32-15-13-28)26-24(30)23-20(16-21(34-23)19-8-4-2-5-9-19)33-17-22(29)27-10-6-3-7-11-27/h2,4-5,8-9,16,18H,3,6-7,10-15,17H2,1H3,(H,26,30). The van der Waals surface area contributed by atoms with Gasteiger partial charge in [0, 0.05) is 31.1 Å². The molecule has 2 saturated heterocycles. The van der Waals surface area contributed by atoms with Crippen molar-refractivity contribution in [1.29, 1.82) is 0 Å². The average Bonchev–Trinajstić information content (AvgIpc) is 3.33. The fraction of sp³-hybridized carbons (Fsp3) is 0.480. The number of hydrogen-bond donors (Lipinski definition) is 1. The van der Waals surface area contributed by atoms with Gasteiger partial charge in [-0.05, 0) is 37.8 Å². The van der Waals surface area contributed by atoms with Crippen LogP contribution in [0.5, 0.6) is 5.75 Å². The molecule has 182 valence electrons. The molecule has 2 fully saturated rings. The van der Waals surface area contributed by atoms with E-state index in [-0.39, 0.29) is 24.3 Å². The highest BCUT2D eigenvalue weighted by atomic mass is 32.1. The van der Waals surface area contributed by atoms with Crippen molar-refractivity contribution in [2.75, 3.05) is 46.0 Å². The Labute approximate surface area is 203 Å². The lowest BCUT2D eigenvalue weighted by Gasteiger charge is -2.29. The highest BCUT2D eigenvalue weighted by Crippen LogP contribution is 2.36. The summed E-state index contributed by atoms with van der Waals surface area (Å²) in [4.78, 5) is 43.3. The Hall–Kier alpha value is -2.91. The highest BCUT2D eigenvalue weighted by Gasteiger charge is 2.27. The minimum atomic E-state index is -0.685. The minimum absolute atomic E-state index is 0.0746. The van der Waals surface area contributed by atoms with Crippen LogP contribution in [0.3, 0.4) is 0 Å². The zero-order valence-corrected chi connectivity index (χ0v) is 20.3. The quantitative estimate of drug-likeness (QED) is 0.652. The Kier molecular flexibility index (Phi) is 8.18. The van der Waals surface area contributed by atoms with Gasteiger partial charge in [0.05, 0.1) is 13.2 Å². The van der Waals surface area contributed by atoms with Gasteiger partial charge in [-0.15, -0.1) is 11.3 Å². The first kappa shape index (κ1) is 24.2. The van der Waals surface area contributed by atoms with Gasteiger partial charge in [0.25, 0.3) is 11.8 Å². The van der Waals surface area contributed by atoms with E-state index in [1.54, 1.807) is 17.9 Å². The molecule has 4 rings (SSSR count). The Balaban J connectivity index is 1.48. The molecule has 0 spiro atoms. The smallest absolute Gasteiger partial charge is 0.265 e. The summed E-state index contributed by atoms with van der Waals surface area (Å²) in [5.74, 6) is -0.243. The maximum absolute atomic E-state index is 13.2. The molecule has 8 nitrogen and oxygen atoms in total. The van der Waals surface area contributed by atoms with Crippen molar-refractivity contribution in [1.82, 2.24) is 15.1 Å². The van der Waals surface area contributed by atoms with Crippen LogP contribution in [-0.2, 0) is 14.3 Å². The summed E-state index contributed by atoms with van der Waals surface area (Å²) in [6.07, 6.45) is 3.15. The number of thiophene rings is 1. The summed E-state index contributed by atoms with van der Waals surface area (Å²) in [5.41, 5.74) is 0.955. The number of ether oxygens (including phenoxy) is 2. The van der Waals surface area contributed by atoms with Crippen molar-refractivity contribution in [2.45, 2.75) is 32.2 Å². The number of benzene rings is 1. The number of rotatable bonds is 7. The number of carbonyl (C=O) groups is 3. The number of hydrogen-bond acceptors (Lipinski definition) is 6. The second kappa shape index (κ2) is 11.5. The van der Waals surface area contributed by atoms with Crippen molar-refractivity contribution >= 4 is 29.1 Å². The monoisotopic (exact) mass is 485 g/mol. The summed E-state index contributed by atoms with van der Waals surface area (Å²) in [6, 6.07) is 10.8.